The van der Waals surface area contributed by atoms with Gasteiger partial charge in [-0.05, 0) is 12.1 Å². The molecule has 0 spiro atoms. The Kier molecular flexibility index (Phi) is 5.50. The summed E-state index contributed by atoms with van der Waals surface area (Å²) in [7, 11) is -2.80. The van der Waals surface area contributed by atoms with Crippen molar-refractivity contribution >= 4 is 27.3 Å². The fourth-order valence-corrected chi connectivity index (χ4v) is 2.81. The first-order valence-corrected chi connectivity index (χ1v) is 7.05. The van der Waals surface area contributed by atoms with Gasteiger partial charge in [-0.2, -0.15) is 0 Å². The first-order valence-electron chi connectivity index (χ1n) is 5.19. The minimum atomic E-state index is -4.15. The predicted molar refractivity (Wildman–Crippen MR) is 68.9 cm³/mol. The molecule has 19 heavy (non-hydrogen) atoms. The molecule has 9 heteroatoms. The second-order valence-corrected chi connectivity index (χ2v) is 5.94. The van der Waals surface area contributed by atoms with Gasteiger partial charge in [0.15, 0.2) is 5.82 Å². The summed E-state index contributed by atoms with van der Waals surface area (Å²) in [6, 6.07) is 2.05. The topological polar surface area (TPSA) is 102 Å². The highest BCUT2D eigenvalue weighted by atomic mass is 35.5. The van der Waals surface area contributed by atoms with Gasteiger partial charge in [-0.25, -0.2) is 17.5 Å². The summed E-state index contributed by atoms with van der Waals surface area (Å²) in [5.41, 5.74) is 4.93. The lowest BCUT2D eigenvalue weighted by Crippen LogP contribution is -2.34. The number of rotatable bonds is 6. The van der Waals surface area contributed by atoms with Crippen LogP contribution in [0.5, 0.6) is 0 Å². The van der Waals surface area contributed by atoms with E-state index in [1.807, 2.05) is 4.72 Å². The van der Waals surface area contributed by atoms with Crippen LogP contribution in [0, 0.1) is 5.82 Å². The molecule has 0 aliphatic heterocycles. The third-order valence-corrected chi connectivity index (χ3v) is 3.83. The molecule has 1 aromatic carbocycles. The van der Waals surface area contributed by atoms with Gasteiger partial charge in [0, 0.05) is 18.7 Å². The van der Waals surface area contributed by atoms with Crippen molar-refractivity contribution < 1.29 is 22.7 Å². The van der Waals surface area contributed by atoms with Gasteiger partial charge in [-0.15, -0.1) is 0 Å². The van der Waals surface area contributed by atoms with Gasteiger partial charge in [0.1, 0.15) is 4.90 Å². The summed E-state index contributed by atoms with van der Waals surface area (Å²) in [6.45, 7) is -0.370. The molecule has 0 aliphatic rings. The molecule has 0 aromatic heterocycles. The number of hydrogen-bond acceptors (Lipinski definition) is 5. The Morgan fingerprint density at radius 3 is 2.79 bits per heavy atom. The molecule has 1 atom stereocenters. The fraction of sp³-hybridized carbons (Fsp3) is 0.400. The molecule has 6 nitrogen and oxygen atoms in total. The standard InChI is InChI=1S/C10H14ClFN2O4S/c1-18-5-7(15)4-14-19(16,17)9-3-6(11)2-8(13)10(9)12/h2-3,7,14-15H,4-5,13H2,1H3. The number of nitrogens with one attached hydrogen (secondary N) is 1. The van der Waals surface area contributed by atoms with Crippen molar-refractivity contribution in [2.24, 2.45) is 0 Å². The lowest BCUT2D eigenvalue weighted by Gasteiger charge is -2.12. The van der Waals surface area contributed by atoms with E-state index in [0.717, 1.165) is 12.1 Å². The predicted octanol–water partition coefficient (Wildman–Crippen LogP) is 0.347. The average Bonchev–Trinajstić information content (AvgIpc) is 2.31. The van der Waals surface area contributed by atoms with Gasteiger partial charge in [0.05, 0.1) is 18.4 Å². The molecular formula is C10H14ClFN2O4S. The van der Waals surface area contributed by atoms with E-state index >= 15 is 0 Å². The molecule has 0 heterocycles. The van der Waals surface area contributed by atoms with Crippen LogP contribution in [0.15, 0.2) is 17.0 Å². The van der Waals surface area contributed by atoms with Crippen molar-refractivity contribution in [2.75, 3.05) is 26.0 Å². The quantitative estimate of drug-likeness (QED) is 0.658. The summed E-state index contributed by atoms with van der Waals surface area (Å²) >= 11 is 5.63. The monoisotopic (exact) mass is 312 g/mol. The fourth-order valence-electron chi connectivity index (χ4n) is 1.31. The zero-order valence-electron chi connectivity index (χ0n) is 10.1. The third-order valence-electron chi connectivity index (χ3n) is 2.19. The zero-order chi connectivity index (χ0) is 14.6. The van der Waals surface area contributed by atoms with E-state index in [1.54, 1.807) is 0 Å². The van der Waals surface area contributed by atoms with Crippen LogP contribution >= 0.6 is 11.6 Å². The number of methoxy groups -OCH3 is 1. The summed E-state index contributed by atoms with van der Waals surface area (Å²) in [6.07, 6.45) is -1.04. The number of hydrogen-bond donors (Lipinski definition) is 3. The van der Waals surface area contributed by atoms with Gasteiger partial charge in [-0.3, -0.25) is 0 Å². The lowest BCUT2D eigenvalue weighted by molar-refractivity contribution is 0.0679. The number of nitrogen functional groups attached to an aromatic ring is 1. The number of anilines is 1. The Labute approximate surface area is 115 Å². The molecule has 108 valence electrons. The molecule has 0 saturated carbocycles. The molecule has 1 rings (SSSR count). The maximum atomic E-state index is 13.7. The maximum absolute atomic E-state index is 13.7. The molecular weight excluding hydrogens is 299 g/mol. The first-order chi connectivity index (χ1) is 8.77. The highest BCUT2D eigenvalue weighted by Crippen LogP contribution is 2.24. The van der Waals surface area contributed by atoms with Crippen LogP contribution in [-0.2, 0) is 14.8 Å². The summed E-state index contributed by atoms with van der Waals surface area (Å²) in [5.74, 6) is -1.09. The highest BCUT2D eigenvalue weighted by Gasteiger charge is 2.22. The number of aliphatic hydroxyl groups excluding tert-OH is 1. The van der Waals surface area contributed by atoms with E-state index in [2.05, 4.69) is 4.74 Å². The summed E-state index contributed by atoms with van der Waals surface area (Å²) in [4.78, 5) is -0.665. The SMILES string of the molecule is COCC(O)CNS(=O)(=O)c1cc(Cl)cc(N)c1F. The number of benzene rings is 1. The lowest BCUT2D eigenvalue weighted by atomic mass is 10.3. The Balaban J connectivity index is 2.95. The van der Waals surface area contributed by atoms with Crippen molar-refractivity contribution in [3.05, 3.63) is 23.0 Å². The van der Waals surface area contributed by atoms with Crippen LogP contribution in [0.1, 0.15) is 0 Å². The van der Waals surface area contributed by atoms with Crippen molar-refractivity contribution in [3.63, 3.8) is 0 Å². The average molecular weight is 313 g/mol. The van der Waals surface area contributed by atoms with E-state index in [4.69, 9.17) is 17.3 Å². The molecule has 0 aliphatic carbocycles. The molecule has 0 fully saturated rings. The van der Waals surface area contributed by atoms with Gasteiger partial charge in [-0.1, -0.05) is 11.6 Å². The van der Waals surface area contributed by atoms with Crippen LogP contribution in [-0.4, -0.2) is 39.9 Å². The summed E-state index contributed by atoms with van der Waals surface area (Å²) in [5, 5.41) is 9.34. The number of halogens is 2. The van der Waals surface area contributed by atoms with Gasteiger partial charge >= 0.3 is 0 Å². The Hall–Kier alpha value is -0.930. The molecule has 1 aromatic rings. The number of sulfonamides is 1. The molecule has 0 saturated heterocycles. The zero-order valence-corrected chi connectivity index (χ0v) is 11.6. The van der Waals surface area contributed by atoms with Crippen LogP contribution in [0.4, 0.5) is 10.1 Å². The van der Waals surface area contributed by atoms with Gasteiger partial charge < -0.3 is 15.6 Å². The molecule has 0 amide bonds. The van der Waals surface area contributed by atoms with Crippen LogP contribution in [0.25, 0.3) is 0 Å². The number of nitrogens with two attached hydrogens (primary N) is 1. The minimum absolute atomic E-state index is 0.00304. The minimum Gasteiger partial charge on any atom is -0.396 e. The second kappa shape index (κ2) is 6.49. The number of aliphatic hydroxyl groups is 1. The second-order valence-electron chi connectivity index (χ2n) is 3.77. The number of ether oxygens (including phenoxy) is 1. The van der Waals surface area contributed by atoms with Crippen LogP contribution in [0.3, 0.4) is 0 Å². The summed E-state index contributed by atoms with van der Waals surface area (Å²) < 4.78 is 44.0. The van der Waals surface area contributed by atoms with Crippen molar-refractivity contribution in [3.8, 4) is 0 Å². The Bertz CT molecular complexity index is 553. The van der Waals surface area contributed by atoms with Crippen molar-refractivity contribution in [1.82, 2.24) is 4.72 Å². The molecule has 1 unspecified atom stereocenters. The van der Waals surface area contributed by atoms with Gasteiger partial charge in [0.25, 0.3) is 0 Å². The normalized spacial score (nSPS) is 13.5. The molecule has 4 N–H and O–H groups in total. The van der Waals surface area contributed by atoms with E-state index in [9.17, 15) is 17.9 Å². The first kappa shape index (κ1) is 16.1. The third kappa shape index (κ3) is 4.29. The molecule has 0 radical (unpaired) electrons. The smallest absolute Gasteiger partial charge is 0.243 e. The highest BCUT2D eigenvalue weighted by molar-refractivity contribution is 7.89. The maximum Gasteiger partial charge on any atom is 0.243 e. The van der Waals surface area contributed by atoms with Crippen molar-refractivity contribution in [1.29, 1.82) is 0 Å². The van der Waals surface area contributed by atoms with E-state index in [0.29, 0.717) is 0 Å². The van der Waals surface area contributed by atoms with Crippen molar-refractivity contribution in [2.45, 2.75) is 11.0 Å². The van der Waals surface area contributed by atoms with Gasteiger partial charge in [0.2, 0.25) is 10.0 Å². The van der Waals surface area contributed by atoms with E-state index < -0.39 is 26.8 Å². The molecule has 0 bridgehead atoms. The Morgan fingerprint density at radius 2 is 2.21 bits per heavy atom. The van der Waals surface area contributed by atoms with Crippen LogP contribution < -0.4 is 10.5 Å². The van der Waals surface area contributed by atoms with E-state index in [1.165, 1.54) is 7.11 Å². The largest absolute Gasteiger partial charge is 0.396 e. The van der Waals surface area contributed by atoms with Crippen LogP contribution in [0.2, 0.25) is 5.02 Å². The van der Waals surface area contributed by atoms with E-state index in [-0.39, 0.29) is 23.9 Å². The Morgan fingerprint density at radius 1 is 1.58 bits per heavy atom.